The summed E-state index contributed by atoms with van der Waals surface area (Å²) in [5.41, 5.74) is 1.45. The molecule has 0 aromatic heterocycles. The lowest BCUT2D eigenvalue weighted by Crippen LogP contribution is -2.42. The number of benzene rings is 2. The maximum atomic E-state index is 13.0. The first-order valence-corrected chi connectivity index (χ1v) is 9.07. The van der Waals surface area contributed by atoms with E-state index in [1.54, 1.807) is 24.3 Å². The fourth-order valence-corrected chi connectivity index (χ4v) is 3.87. The fourth-order valence-electron chi connectivity index (χ4n) is 3.61. The number of fused-ring (bicyclic) bond motifs is 2. The summed E-state index contributed by atoms with van der Waals surface area (Å²) in [6.45, 7) is -0.315. The first kappa shape index (κ1) is 16.8. The van der Waals surface area contributed by atoms with Gasteiger partial charge in [0.2, 0.25) is 5.91 Å². The van der Waals surface area contributed by atoms with Gasteiger partial charge in [-0.15, -0.1) is 0 Å². The van der Waals surface area contributed by atoms with Gasteiger partial charge in [0.25, 0.3) is 5.91 Å². The van der Waals surface area contributed by atoms with E-state index in [0.717, 1.165) is 26.9 Å². The van der Waals surface area contributed by atoms with Crippen LogP contribution >= 0.6 is 15.9 Å². The maximum Gasteiger partial charge on any atom is 0.325 e. The second-order valence-corrected chi connectivity index (χ2v) is 7.35. The summed E-state index contributed by atoms with van der Waals surface area (Å²) in [7, 11) is 0. The number of nitrogens with one attached hydrogen (secondary N) is 2. The number of carbonyl (C=O) groups is 3. The van der Waals surface area contributed by atoms with Crippen molar-refractivity contribution in [2.24, 2.45) is 0 Å². The number of hydrogen-bond acceptors (Lipinski definition) is 3. The molecule has 4 rings (SSSR count). The minimum Gasteiger partial charge on any atom is -0.325 e. The van der Waals surface area contributed by atoms with Crippen LogP contribution in [0.15, 0.2) is 53.0 Å². The van der Waals surface area contributed by atoms with Gasteiger partial charge in [0.05, 0.1) is 0 Å². The highest BCUT2D eigenvalue weighted by molar-refractivity contribution is 9.10. The van der Waals surface area contributed by atoms with Crippen LogP contribution in [-0.4, -0.2) is 29.3 Å². The Hall–Kier alpha value is -2.67. The third-order valence-electron chi connectivity index (χ3n) is 4.85. The van der Waals surface area contributed by atoms with E-state index in [2.05, 4.69) is 26.6 Å². The predicted molar refractivity (Wildman–Crippen MR) is 99.5 cm³/mol. The van der Waals surface area contributed by atoms with E-state index >= 15 is 0 Å². The molecule has 1 heterocycles. The number of hydrogen-bond donors (Lipinski definition) is 2. The molecule has 1 saturated heterocycles. The molecule has 1 aliphatic heterocycles. The van der Waals surface area contributed by atoms with E-state index in [0.29, 0.717) is 12.1 Å². The summed E-state index contributed by atoms with van der Waals surface area (Å²) in [4.78, 5) is 38.7. The predicted octanol–water partition coefficient (Wildman–Crippen LogP) is 2.78. The Labute approximate surface area is 158 Å². The van der Waals surface area contributed by atoms with Crippen LogP contribution in [0.1, 0.15) is 17.5 Å². The second-order valence-electron chi connectivity index (χ2n) is 6.44. The molecular formula is C19H16BrN3O3. The number of carbonyl (C=O) groups excluding carboxylic acids is 3. The summed E-state index contributed by atoms with van der Waals surface area (Å²) in [5, 5.41) is 5.51. The molecule has 0 bridgehead atoms. The molecule has 0 saturated carbocycles. The highest BCUT2D eigenvalue weighted by Crippen LogP contribution is 2.41. The number of anilines is 1. The lowest BCUT2D eigenvalue weighted by atomic mass is 9.92. The van der Waals surface area contributed by atoms with Crippen molar-refractivity contribution in [2.75, 3.05) is 11.9 Å². The topological polar surface area (TPSA) is 78.5 Å². The van der Waals surface area contributed by atoms with Gasteiger partial charge >= 0.3 is 6.03 Å². The molecule has 2 aromatic rings. The van der Waals surface area contributed by atoms with E-state index in [-0.39, 0.29) is 12.5 Å². The van der Waals surface area contributed by atoms with Crippen LogP contribution < -0.4 is 10.6 Å². The van der Waals surface area contributed by atoms with Gasteiger partial charge in [-0.25, -0.2) is 4.79 Å². The van der Waals surface area contributed by atoms with Crippen LogP contribution in [-0.2, 0) is 21.5 Å². The molecule has 1 unspecified atom stereocenters. The third kappa shape index (κ3) is 2.68. The smallest absolute Gasteiger partial charge is 0.325 e. The van der Waals surface area contributed by atoms with Gasteiger partial charge in [-0.05, 0) is 48.2 Å². The average Bonchev–Trinajstić information content (AvgIpc) is 3.11. The summed E-state index contributed by atoms with van der Waals surface area (Å²) in [6, 6.07) is 14.2. The Morgan fingerprint density at radius 1 is 1.15 bits per heavy atom. The van der Waals surface area contributed by atoms with Crippen LogP contribution in [0.5, 0.6) is 0 Å². The van der Waals surface area contributed by atoms with Gasteiger partial charge in [-0.2, -0.15) is 0 Å². The maximum absolute atomic E-state index is 13.0. The van der Waals surface area contributed by atoms with Crippen molar-refractivity contribution < 1.29 is 14.4 Å². The van der Waals surface area contributed by atoms with Gasteiger partial charge < -0.3 is 10.6 Å². The van der Waals surface area contributed by atoms with Crippen LogP contribution in [0, 0.1) is 0 Å². The van der Waals surface area contributed by atoms with E-state index in [1.807, 2.05) is 24.3 Å². The minimum atomic E-state index is -1.04. The van der Waals surface area contributed by atoms with E-state index < -0.39 is 17.5 Å². The number of amides is 4. The van der Waals surface area contributed by atoms with Crippen LogP contribution in [0.4, 0.5) is 10.5 Å². The summed E-state index contributed by atoms with van der Waals surface area (Å²) >= 11 is 3.33. The molecule has 1 fully saturated rings. The Morgan fingerprint density at radius 3 is 2.65 bits per heavy atom. The zero-order chi connectivity index (χ0) is 18.3. The van der Waals surface area contributed by atoms with Crippen molar-refractivity contribution in [2.45, 2.75) is 18.4 Å². The van der Waals surface area contributed by atoms with Gasteiger partial charge in [0.1, 0.15) is 12.1 Å². The standard InChI is InChI=1S/C19H16BrN3O3/c20-13-5-7-14(8-6-13)21-16(24)11-23-17(25)19(22-18(23)26)10-9-12-3-1-2-4-15(12)19/h1-8H,9-11H2,(H,21,24)(H,22,26). The zero-order valence-electron chi connectivity index (χ0n) is 13.8. The largest absolute Gasteiger partial charge is 0.325 e. The van der Waals surface area contributed by atoms with E-state index in [1.165, 1.54) is 0 Å². The quantitative estimate of drug-likeness (QED) is 0.759. The number of imide groups is 1. The van der Waals surface area contributed by atoms with Crippen molar-refractivity contribution in [3.05, 3.63) is 64.1 Å². The lowest BCUT2D eigenvalue weighted by Gasteiger charge is -2.22. The normalized spacial score (nSPS) is 21.0. The van der Waals surface area contributed by atoms with Crippen LogP contribution in [0.25, 0.3) is 0 Å². The molecule has 2 N–H and O–H groups in total. The highest BCUT2D eigenvalue weighted by Gasteiger charge is 2.55. The van der Waals surface area contributed by atoms with E-state index in [4.69, 9.17) is 0 Å². The molecule has 2 aromatic carbocycles. The SMILES string of the molecule is O=C(CN1C(=O)NC2(CCc3ccccc32)C1=O)Nc1ccc(Br)cc1. The summed E-state index contributed by atoms with van der Waals surface area (Å²) in [6.07, 6.45) is 1.24. The molecule has 2 aliphatic rings. The monoisotopic (exact) mass is 413 g/mol. The molecule has 4 amide bonds. The number of aryl methyl sites for hydroxylation is 1. The second kappa shape index (κ2) is 6.25. The number of rotatable bonds is 3. The van der Waals surface area contributed by atoms with Gasteiger partial charge in [-0.1, -0.05) is 40.2 Å². The molecule has 7 heteroatoms. The number of halogens is 1. The molecule has 0 radical (unpaired) electrons. The molecule has 132 valence electrons. The van der Waals surface area contributed by atoms with Gasteiger partial charge in [0.15, 0.2) is 0 Å². The Morgan fingerprint density at radius 2 is 1.88 bits per heavy atom. The van der Waals surface area contributed by atoms with Crippen molar-refractivity contribution in [1.29, 1.82) is 0 Å². The Balaban J connectivity index is 1.52. The Bertz CT molecular complexity index is 913. The molecule has 6 nitrogen and oxygen atoms in total. The van der Waals surface area contributed by atoms with Gasteiger partial charge in [0, 0.05) is 10.2 Å². The van der Waals surface area contributed by atoms with Crippen molar-refractivity contribution in [3.63, 3.8) is 0 Å². The molecule has 26 heavy (non-hydrogen) atoms. The fraction of sp³-hybridized carbons (Fsp3) is 0.211. The molecule has 1 aliphatic carbocycles. The molecule has 1 spiro atoms. The van der Waals surface area contributed by atoms with Gasteiger partial charge in [-0.3, -0.25) is 14.5 Å². The highest BCUT2D eigenvalue weighted by atomic mass is 79.9. The molecule has 1 atom stereocenters. The minimum absolute atomic E-state index is 0.315. The first-order chi connectivity index (χ1) is 12.5. The van der Waals surface area contributed by atoms with Crippen molar-refractivity contribution >= 4 is 39.5 Å². The van der Waals surface area contributed by atoms with Crippen LogP contribution in [0.2, 0.25) is 0 Å². The van der Waals surface area contributed by atoms with Crippen molar-refractivity contribution in [3.8, 4) is 0 Å². The van der Waals surface area contributed by atoms with E-state index in [9.17, 15) is 14.4 Å². The third-order valence-corrected chi connectivity index (χ3v) is 5.38. The van der Waals surface area contributed by atoms with Crippen LogP contribution in [0.3, 0.4) is 0 Å². The Kier molecular flexibility index (Phi) is 4.03. The van der Waals surface area contributed by atoms with Crippen molar-refractivity contribution in [1.82, 2.24) is 10.2 Å². The lowest BCUT2D eigenvalue weighted by molar-refractivity contribution is -0.134. The summed E-state index contributed by atoms with van der Waals surface area (Å²) in [5.74, 6) is -0.780. The summed E-state index contributed by atoms with van der Waals surface area (Å²) < 4.78 is 0.895. The first-order valence-electron chi connectivity index (χ1n) is 8.27. The number of nitrogens with zero attached hydrogens (tertiary/aromatic N) is 1. The zero-order valence-corrected chi connectivity index (χ0v) is 15.4. The average molecular weight is 414 g/mol. The molecular weight excluding hydrogens is 398 g/mol. The number of urea groups is 1.